The summed E-state index contributed by atoms with van der Waals surface area (Å²) in [5.41, 5.74) is 7.28. The van der Waals surface area contributed by atoms with Gasteiger partial charge in [-0.05, 0) is 81.2 Å². The van der Waals surface area contributed by atoms with Crippen molar-refractivity contribution in [1.82, 2.24) is 14.3 Å². The van der Waals surface area contributed by atoms with Crippen molar-refractivity contribution in [3.8, 4) is 16.9 Å². The maximum atomic E-state index is 14.2. The summed E-state index contributed by atoms with van der Waals surface area (Å²) in [6, 6.07) is 15.4. The highest BCUT2D eigenvalue weighted by molar-refractivity contribution is 6.05. The minimum Gasteiger partial charge on any atom is -0.493 e. The van der Waals surface area contributed by atoms with Crippen LogP contribution >= 0.6 is 0 Å². The van der Waals surface area contributed by atoms with Crippen LogP contribution in [0.25, 0.3) is 32.8 Å². The molecule has 3 aromatic carbocycles. The summed E-state index contributed by atoms with van der Waals surface area (Å²) < 4.78 is 36.2. The van der Waals surface area contributed by atoms with Gasteiger partial charge in [0.05, 0.1) is 36.7 Å². The minimum absolute atomic E-state index is 0.223. The lowest BCUT2D eigenvalue weighted by molar-refractivity contribution is 0.0512. The maximum absolute atomic E-state index is 14.2. The number of benzene rings is 3. The average molecular weight is 584 g/mol. The summed E-state index contributed by atoms with van der Waals surface area (Å²) in [5, 5.41) is 7.48. The molecule has 0 saturated heterocycles. The molecule has 6 rings (SSSR count). The Bertz CT molecular complexity index is 1820. The monoisotopic (exact) mass is 583 g/mol. The lowest BCUT2D eigenvalue weighted by atomic mass is 9.98. The van der Waals surface area contributed by atoms with Crippen molar-refractivity contribution in [2.24, 2.45) is 7.05 Å². The Balaban J connectivity index is 1.40. The third-order valence-corrected chi connectivity index (χ3v) is 8.37. The number of halogens is 1. The Morgan fingerprint density at radius 1 is 1.09 bits per heavy atom. The van der Waals surface area contributed by atoms with Crippen LogP contribution in [0.4, 0.5) is 4.39 Å². The second-order valence-electron chi connectivity index (χ2n) is 11.2. The third-order valence-electron chi connectivity index (χ3n) is 8.37. The molecule has 8 heteroatoms. The van der Waals surface area contributed by atoms with Crippen molar-refractivity contribution >= 4 is 27.6 Å². The molecule has 5 aromatic rings. The largest absolute Gasteiger partial charge is 0.493 e. The van der Waals surface area contributed by atoms with E-state index in [9.17, 15) is 9.18 Å². The van der Waals surface area contributed by atoms with Crippen LogP contribution in [0.15, 0.2) is 48.5 Å². The molecule has 0 aliphatic carbocycles. The van der Waals surface area contributed by atoms with E-state index in [1.807, 2.05) is 49.8 Å². The maximum Gasteiger partial charge on any atom is 0.355 e. The van der Waals surface area contributed by atoms with Gasteiger partial charge in [-0.1, -0.05) is 30.3 Å². The SMILES string of the molecule is CCOC(=O)c1c(CCCOc2cccc3cc(F)c(C)cc23)c2cccc3c2n1CCCCOCc1c-3c(C)nn1C. The Kier molecular flexibility index (Phi) is 8.21. The molecule has 0 atom stereocenters. The molecule has 0 spiro atoms. The van der Waals surface area contributed by atoms with E-state index >= 15 is 0 Å². The van der Waals surface area contributed by atoms with Gasteiger partial charge in [0, 0.05) is 42.1 Å². The van der Waals surface area contributed by atoms with E-state index in [0.717, 1.165) is 68.3 Å². The molecule has 0 radical (unpaired) electrons. The molecule has 2 aromatic heterocycles. The molecular weight excluding hydrogens is 545 g/mol. The Morgan fingerprint density at radius 2 is 1.93 bits per heavy atom. The van der Waals surface area contributed by atoms with Crippen molar-refractivity contribution in [1.29, 1.82) is 0 Å². The molecule has 224 valence electrons. The minimum atomic E-state index is -0.304. The van der Waals surface area contributed by atoms with Gasteiger partial charge in [-0.15, -0.1) is 0 Å². The van der Waals surface area contributed by atoms with Crippen LogP contribution < -0.4 is 4.74 Å². The molecule has 0 bridgehead atoms. The van der Waals surface area contributed by atoms with E-state index < -0.39 is 0 Å². The summed E-state index contributed by atoms with van der Waals surface area (Å²) in [6.45, 7) is 8.19. The first kappa shape index (κ1) is 28.9. The number of aryl methyl sites for hydroxylation is 5. The predicted octanol–water partition coefficient (Wildman–Crippen LogP) is 7.45. The number of fused-ring (bicyclic) bond motifs is 3. The van der Waals surface area contributed by atoms with E-state index in [0.29, 0.717) is 57.1 Å². The highest BCUT2D eigenvalue weighted by Gasteiger charge is 2.28. The van der Waals surface area contributed by atoms with Gasteiger partial charge < -0.3 is 18.8 Å². The first-order chi connectivity index (χ1) is 20.9. The number of hydrogen-bond acceptors (Lipinski definition) is 5. The highest BCUT2D eigenvalue weighted by atomic mass is 19.1. The number of nitrogens with zero attached hydrogens (tertiary/aromatic N) is 3. The van der Waals surface area contributed by atoms with Gasteiger partial charge in [0.1, 0.15) is 17.3 Å². The van der Waals surface area contributed by atoms with Crippen molar-refractivity contribution < 1.29 is 23.4 Å². The van der Waals surface area contributed by atoms with E-state index in [1.54, 1.807) is 13.0 Å². The van der Waals surface area contributed by atoms with Crippen LogP contribution in [-0.4, -0.2) is 40.1 Å². The van der Waals surface area contributed by atoms with Gasteiger partial charge >= 0.3 is 5.97 Å². The molecule has 0 saturated carbocycles. The van der Waals surface area contributed by atoms with Crippen LogP contribution in [-0.2, 0) is 36.1 Å². The van der Waals surface area contributed by atoms with Gasteiger partial charge in [-0.25, -0.2) is 9.18 Å². The standard InChI is InChI=1S/C35H38FN3O4/c1-5-42-35(40)34-26(14-10-18-43-31-15-8-11-24-20-29(36)22(2)19-28(24)31)25-12-9-13-27-32-23(3)37-38(4)30(32)21-41-17-7-6-16-39(34)33(25)27/h8-9,11-13,15,19-20H,5-7,10,14,16-18,21H2,1-4H3. The summed E-state index contributed by atoms with van der Waals surface area (Å²) >= 11 is 0. The van der Waals surface area contributed by atoms with Crippen LogP contribution in [0.5, 0.6) is 5.75 Å². The number of rotatable bonds is 7. The van der Waals surface area contributed by atoms with Crippen molar-refractivity contribution in [3.05, 3.63) is 82.6 Å². The van der Waals surface area contributed by atoms with Crippen LogP contribution in [0.3, 0.4) is 0 Å². The molecule has 0 N–H and O–H groups in total. The highest BCUT2D eigenvalue weighted by Crippen LogP contribution is 2.39. The number of hydrogen-bond donors (Lipinski definition) is 0. The normalized spacial score (nSPS) is 13.6. The quantitative estimate of drug-likeness (QED) is 0.147. The molecule has 0 amide bonds. The Hall–Kier alpha value is -4.17. The number of carbonyl (C=O) groups is 1. The first-order valence-corrected chi connectivity index (χ1v) is 15.1. The molecule has 1 aliphatic rings. The fourth-order valence-electron chi connectivity index (χ4n) is 6.39. The van der Waals surface area contributed by atoms with Gasteiger partial charge in [-0.2, -0.15) is 5.10 Å². The zero-order valence-corrected chi connectivity index (χ0v) is 25.3. The smallest absolute Gasteiger partial charge is 0.355 e. The van der Waals surface area contributed by atoms with E-state index in [2.05, 4.69) is 22.8 Å². The first-order valence-electron chi connectivity index (χ1n) is 15.1. The van der Waals surface area contributed by atoms with Crippen molar-refractivity contribution in [2.75, 3.05) is 19.8 Å². The van der Waals surface area contributed by atoms with Crippen LogP contribution in [0.1, 0.15) is 59.2 Å². The zero-order valence-electron chi connectivity index (χ0n) is 25.3. The second-order valence-corrected chi connectivity index (χ2v) is 11.2. The number of esters is 1. The summed E-state index contributed by atoms with van der Waals surface area (Å²) in [7, 11) is 1.96. The number of ether oxygens (including phenoxy) is 3. The van der Waals surface area contributed by atoms with E-state index in [4.69, 9.17) is 19.3 Å². The van der Waals surface area contributed by atoms with Gasteiger partial charge in [0.2, 0.25) is 0 Å². The molecular formula is C35H38FN3O4. The fourth-order valence-corrected chi connectivity index (χ4v) is 6.39. The summed E-state index contributed by atoms with van der Waals surface area (Å²) in [4.78, 5) is 13.6. The Morgan fingerprint density at radius 3 is 2.77 bits per heavy atom. The van der Waals surface area contributed by atoms with E-state index in [1.165, 1.54) is 0 Å². The summed E-state index contributed by atoms with van der Waals surface area (Å²) in [6.07, 6.45) is 3.09. The van der Waals surface area contributed by atoms with Crippen LogP contribution in [0.2, 0.25) is 0 Å². The van der Waals surface area contributed by atoms with Gasteiger partial charge in [0.15, 0.2) is 0 Å². The Labute approximate surface area is 251 Å². The summed E-state index contributed by atoms with van der Waals surface area (Å²) in [5.74, 6) is 0.201. The molecule has 1 aliphatic heterocycles. The van der Waals surface area contributed by atoms with Crippen LogP contribution in [0, 0.1) is 19.7 Å². The molecule has 0 fully saturated rings. The zero-order chi connectivity index (χ0) is 30.1. The lowest BCUT2D eigenvalue weighted by Gasteiger charge is -2.13. The molecule has 43 heavy (non-hydrogen) atoms. The topological polar surface area (TPSA) is 67.5 Å². The van der Waals surface area contributed by atoms with E-state index in [-0.39, 0.29) is 11.8 Å². The number of carbonyl (C=O) groups excluding carboxylic acids is 1. The second kappa shape index (κ2) is 12.2. The fraction of sp³-hybridized carbons (Fsp3) is 0.371. The third kappa shape index (κ3) is 5.40. The number of para-hydroxylation sites is 1. The molecule has 7 nitrogen and oxygen atoms in total. The molecule has 3 heterocycles. The van der Waals surface area contributed by atoms with Crippen molar-refractivity contribution in [2.45, 2.75) is 59.6 Å². The predicted molar refractivity (Wildman–Crippen MR) is 166 cm³/mol. The average Bonchev–Trinajstić information content (AvgIpc) is 3.44. The number of aromatic nitrogens is 3. The molecule has 0 unspecified atom stereocenters. The van der Waals surface area contributed by atoms with Gasteiger partial charge in [-0.3, -0.25) is 4.68 Å². The lowest BCUT2D eigenvalue weighted by Crippen LogP contribution is -2.15. The van der Waals surface area contributed by atoms with Gasteiger partial charge in [0.25, 0.3) is 0 Å². The van der Waals surface area contributed by atoms with Crippen molar-refractivity contribution in [3.63, 3.8) is 0 Å².